The third-order valence-electron chi connectivity index (χ3n) is 2.76. The van der Waals surface area contributed by atoms with Crippen LogP contribution in [0.4, 0.5) is 0 Å². The lowest BCUT2D eigenvalue weighted by atomic mass is 9.93. The van der Waals surface area contributed by atoms with E-state index in [0.29, 0.717) is 12.5 Å². The molecule has 1 nitrogen and oxygen atoms in total. The molecule has 0 rings (SSSR count). The Bertz CT molecular complexity index is 182. The maximum Gasteiger partial charge on any atom is 0.0431 e. The van der Waals surface area contributed by atoms with Gasteiger partial charge in [-0.1, -0.05) is 32.1 Å². The number of hydrogen-bond acceptors (Lipinski definition) is 1. The van der Waals surface area contributed by atoms with Crippen molar-refractivity contribution in [1.29, 1.82) is 0 Å². The fourth-order valence-electron chi connectivity index (χ4n) is 1.86. The third kappa shape index (κ3) is 9.97. The topological polar surface area (TPSA) is 20.2 Å². The molecular formula is C15H28O. The molecule has 0 saturated carbocycles. The minimum absolute atomic E-state index is 0.320. The minimum atomic E-state index is 0.320. The highest BCUT2D eigenvalue weighted by Crippen LogP contribution is 2.18. The molecule has 94 valence electrons. The monoisotopic (exact) mass is 224 g/mol. The number of aliphatic hydroxyl groups excluding tert-OH is 1. The number of unbranched alkanes of at least 4 members (excludes halogenated alkanes) is 2. The molecular weight excluding hydrogens is 196 g/mol. The molecule has 0 aliphatic heterocycles. The average molecular weight is 224 g/mol. The Balaban J connectivity index is 3.50. The summed E-state index contributed by atoms with van der Waals surface area (Å²) in [5.41, 5.74) is 0. The van der Waals surface area contributed by atoms with Gasteiger partial charge in [-0.25, -0.2) is 0 Å². The van der Waals surface area contributed by atoms with Gasteiger partial charge in [-0.3, -0.25) is 0 Å². The summed E-state index contributed by atoms with van der Waals surface area (Å²) >= 11 is 0. The van der Waals surface area contributed by atoms with Crippen LogP contribution in [0.3, 0.4) is 0 Å². The number of rotatable bonds is 10. The molecule has 0 amide bonds. The van der Waals surface area contributed by atoms with Gasteiger partial charge in [-0.05, 0) is 50.4 Å². The maximum absolute atomic E-state index is 8.62. The van der Waals surface area contributed by atoms with Crippen molar-refractivity contribution in [2.45, 2.75) is 52.4 Å². The van der Waals surface area contributed by atoms with Crippen molar-refractivity contribution >= 4 is 0 Å². The summed E-state index contributed by atoms with van der Waals surface area (Å²) < 4.78 is 0. The van der Waals surface area contributed by atoms with E-state index in [1.807, 2.05) is 0 Å². The van der Waals surface area contributed by atoms with E-state index in [1.54, 1.807) is 0 Å². The van der Waals surface area contributed by atoms with Crippen molar-refractivity contribution in [2.75, 3.05) is 6.61 Å². The Morgan fingerprint density at radius 1 is 1.12 bits per heavy atom. The normalized spacial score (nSPS) is 13.5. The molecule has 0 saturated heterocycles. The molecule has 0 bridgehead atoms. The van der Waals surface area contributed by atoms with Crippen LogP contribution in [0.5, 0.6) is 0 Å². The van der Waals surface area contributed by atoms with Crippen molar-refractivity contribution in [3.8, 4) is 0 Å². The molecule has 0 aromatic heterocycles. The molecule has 0 aliphatic carbocycles. The van der Waals surface area contributed by atoms with Gasteiger partial charge in [0.05, 0.1) is 0 Å². The minimum Gasteiger partial charge on any atom is -0.396 e. The predicted octanol–water partition coefficient (Wildman–Crippen LogP) is 4.33. The van der Waals surface area contributed by atoms with Crippen LogP contribution in [0.1, 0.15) is 52.4 Å². The third-order valence-corrected chi connectivity index (χ3v) is 2.76. The highest BCUT2D eigenvalue weighted by molar-refractivity contribution is 4.86. The van der Waals surface area contributed by atoms with E-state index in [1.165, 1.54) is 12.8 Å². The molecule has 0 aromatic carbocycles. The number of allylic oxidation sites excluding steroid dienone is 3. The Labute approximate surface area is 101 Å². The molecule has 0 fully saturated rings. The van der Waals surface area contributed by atoms with Gasteiger partial charge in [0, 0.05) is 6.61 Å². The molecule has 1 atom stereocenters. The van der Waals surface area contributed by atoms with Gasteiger partial charge < -0.3 is 5.11 Å². The maximum atomic E-state index is 8.62. The van der Waals surface area contributed by atoms with Crippen LogP contribution in [0, 0.1) is 11.8 Å². The first-order valence-electron chi connectivity index (χ1n) is 6.59. The summed E-state index contributed by atoms with van der Waals surface area (Å²) in [5.74, 6) is 1.43. The van der Waals surface area contributed by atoms with Crippen LogP contribution in [0.2, 0.25) is 0 Å². The Morgan fingerprint density at radius 2 is 1.81 bits per heavy atom. The van der Waals surface area contributed by atoms with Crippen LogP contribution < -0.4 is 0 Å². The summed E-state index contributed by atoms with van der Waals surface area (Å²) in [5, 5.41) is 8.62. The molecule has 0 aliphatic rings. The Kier molecular flexibility index (Phi) is 10.6. The lowest BCUT2D eigenvalue weighted by Gasteiger charge is -2.13. The fraction of sp³-hybridized carbons (Fsp3) is 0.733. The van der Waals surface area contributed by atoms with E-state index in [9.17, 15) is 0 Å². The Hall–Kier alpha value is -0.560. The van der Waals surface area contributed by atoms with Gasteiger partial charge in [-0.2, -0.15) is 0 Å². The smallest absolute Gasteiger partial charge is 0.0431 e. The highest BCUT2D eigenvalue weighted by Gasteiger charge is 2.05. The summed E-state index contributed by atoms with van der Waals surface area (Å²) in [6, 6.07) is 0. The van der Waals surface area contributed by atoms with E-state index < -0.39 is 0 Å². The van der Waals surface area contributed by atoms with Crippen molar-refractivity contribution in [1.82, 2.24) is 0 Å². The van der Waals surface area contributed by atoms with Crippen LogP contribution in [0.25, 0.3) is 0 Å². The zero-order chi connectivity index (χ0) is 12.2. The molecule has 0 spiro atoms. The first-order valence-corrected chi connectivity index (χ1v) is 6.59. The second kappa shape index (κ2) is 10.9. The fourth-order valence-corrected chi connectivity index (χ4v) is 1.86. The molecule has 16 heavy (non-hydrogen) atoms. The van der Waals surface area contributed by atoms with Crippen LogP contribution >= 0.6 is 0 Å². The SMILES string of the molecule is C=CC(CC/C=C/CCCCO)CC(C)C. The van der Waals surface area contributed by atoms with E-state index >= 15 is 0 Å². The van der Waals surface area contributed by atoms with Crippen molar-refractivity contribution in [3.05, 3.63) is 24.8 Å². The standard InChI is InChI=1S/C15H28O/c1-4-15(13-14(2)3)11-9-7-5-6-8-10-12-16/h4-5,7,14-16H,1,6,8-13H2,2-3H3/b7-5+. The molecule has 1 N–H and O–H groups in total. The quantitative estimate of drug-likeness (QED) is 0.432. The van der Waals surface area contributed by atoms with Crippen LogP contribution in [-0.2, 0) is 0 Å². The van der Waals surface area contributed by atoms with Gasteiger partial charge in [-0.15, -0.1) is 6.58 Å². The highest BCUT2D eigenvalue weighted by atomic mass is 16.2. The first kappa shape index (κ1) is 15.4. The van der Waals surface area contributed by atoms with E-state index in [4.69, 9.17) is 5.11 Å². The van der Waals surface area contributed by atoms with Crippen molar-refractivity contribution < 1.29 is 5.11 Å². The average Bonchev–Trinajstić information content (AvgIpc) is 2.25. The van der Waals surface area contributed by atoms with Gasteiger partial charge in [0.1, 0.15) is 0 Å². The molecule has 1 unspecified atom stereocenters. The Morgan fingerprint density at radius 3 is 2.38 bits per heavy atom. The van der Waals surface area contributed by atoms with Crippen LogP contribution in [0.15, 0.2) is 24.8 Å². The molecule has 0 heterocycles. The van der Waals surface area contributed by atoms with Gasteiger partial charge in [0.2, 0.25) is 0 Å². The lowest BCUT2D eigenvalue weighted by Crippen LogP contribution is -2.00. The lowest BCUT2D eigenvalue weighted by molar-refractivity contribution is 0.285. The number of aliphatic hydroxyl groups is 1. The van der Waals surface area contributed by atoms with E-state index in [0.717, 1.165) is 31.6 Å². The van der Waals surface area contributed by atoms with Crippen molar-refractivity contribution in [3.63, 3.8) is 0 Å². The largest absolute Gasteiger partial charge is 0.396 e. The van der Waals surface area contributed by atoms with Crippen LogP contribution in [-0.4, -0.2) is 11.7 Å². The summed E-state index contributed by atoms with van der Waals surface area (Å²) in [6.07, 6.45) is 13.4. The van der Waals surface area contributed by atoms with Gasteiger partial charge >= 0.3 is 0 Å². The second-order valence-electron chi connectivity index (χ2n) is 4.89. The molecule has 0 aromatic rings. The predicted molar refractivity (Wildman–Crippen MR) is 72.5 cm³/mol. The van der Waals surface area contributed by atoms with E-state index in [2.05, 4.69) is 38.7 Å². The molecule has 0 radical (unpaired) electrons. The van der Waals surface area contributed by atoms with Gasteiger partial charge in [0.15, 0.2) is 0 Å². The van der Waals surface area contributed by atoms with Crippen molar-refractivity contribution in [2.24, 2.45) is 11.8 Å². The second-order valence-corrected chi connectivity index (χ2v) is 4.89. The summed E-state index contributed by atoms with van der Waals surface area (Å²) in [7, 11) is 0. The summed E-state index contributed by atoms with van der Waals surface area (Å²) in [6.45, 7) is 8.75. The number of hydrogen-bond donors (Lipinski definition) is 1. The summed E-state index contributed by atoms with van der Waals surface area (Å²) in [4.78, 5) is 0. The molecule has 1 heteroatoms. The zero-order valence-corrected chi connectivity index (χ0v) is 11.0. The van der Waals surface area contributed by atoms with Gasteiger partial charge in [0.25, 0.3) is 0 Å². The van der Waals surface area contributed by atoms with E-state index in [-0.39, 0.29) is 0 Å². The zero-order valence-electron chi connectivity index (χ0n) is 11.0. The first-order chi connectivity index (χ1) is 7.70.